The minimum Gasteiger partial charge on any atom is -0.496 e. The Morgan fingerprint density at radius 3 is 2.55 bits per heavy atom. The standard InChI is InChI=1S/C20H22N2O6S/c1-26-17-8-6-15(12-16(17)20(23)22-9-3-2-4-10-22)29(24,25)21-14-5-7-18-19(11-14)28-13-27-18/h5-8,11-12,21H,2-4,9-10,13H2,1H3. The lowest BCUT2D eigenvalue weighted by atomic mass is 10.1. The lowest BCUT2D eigenvalue weighted by Crippen LogP contribution is -2.35. The molecular formula is C20H22N2O6S. The van der Waals surface area contributed by atoms with Crippen molar-refractivity contribution in [2.24, 2.45) is 0 Å². The predicted octanol–water partition coefficient (Wildman–Crippen LogP) is 2.85. The number of piperidine rings is 1. The highest BCUT2D eigenvalue weighted by Gasteiger charge is 2.25. The van der Waals surface area contributed by atoms with E-state index in [1.807, 2.05) is 0 Å². The number of hydrogen-bond acceptors (Lipinski definition) is 6. The van der Waals surface area contributed by atoms with E-state index >= 15 is 0 Å². The fraction of sp³-hybridized carbons (Fsp3) is 0.350. The van der Waals surface area contributed by atoms with Gasteiger partial charge in [-0.3, -0.25) is 9.52 Å². The quantitative estimate of drug-likeness (QED) is 0.803. The summed E-state index contributed by atoms with van der Waals surface area (Å²) < 4.78 is 44.1. The number of sulfonamides is 1. The van der Waals surface area contributed by atoms with Gasteiger partial charge in [0.2, 0.25) is 6.79 Å². The van der Waals surface area contributed by atoms with E-state index in [1.165, 1.54) is 25.3 Å². The lowest BCUT2D eigenvalue weighted by Gasteiger charge is -2.27. The topological polar surface area (TPSA) is 94.2 Å². The van der Waals surface area contributed by atoms with Crippen LogP contribution in [0.3, 0.4) is 0 Å². The molecule has 0 unspecified atom stereocenters. The van der Waals surface area contributed by atoms with Gasteiger partial charge in [-0.05, 0) is 49.6 Å². The molecule has 1 N–H and O–H groups in total. The van der Waals surface area contributed by atoms with E-state index in [0.29, 0.717) is 36.0 Å². The molecule has 2 aliphatic heterocycles. The number of benzene rings is 2. The molecule has 2 aromatic carbocycles. The van der Waals surface area contributed by atoms with Crippen LogP contribution in [-0.4, -0.2) is 46.2 Å². The van der Waals surface area contributed by atoms with E-state index in [4.69, 9.17) is 14.2 Å². The van der Waals surface area contributed by atoms with Crippen LogP contribution in [0.5, 0.6) is 17.2 Å². The molecule has 1 amide bonds. The van der Waals surface area contributed by atoms with Crippen molar-refractivity contribution in [3.05, 3.63) is 42.0 Å². The number of ether oxygens (including phenoxy) is 3. The first kappa shape index (κ1) is 19.4. The third-order valence-corrected chi connectivity index (χ3v) is 6.36. The molecule has 0 radical (unpaired) electrons. The normalized spacial score (nSPS) is 15.8. The highest BCUT2D eigenvalue weighted by Crippen LogP contribution is 2.35. The molecular weight excluding hydrogens is 396 g/mol. The van der Waals surface area contributed by atoms with Gasteiger partial charge in [0.15, 0.2) is 11.5 Å². The average molecular weight is 418 g/mol. The van der Waals surface area contributed by atoms with Crippen LogP contribution in [0.15, 0.2) is 41.3 Å². The van der Waals surface area contributed by atoms with Crippen molar-refractivity contribution in [3.8, 4) is 17.2 Å². The second-order valence-corrected chi connectivity index (χ2v) is 8.57. The van der Waals surface area contributed by atoms with Crippen LogP contribution in [0.1, 0.15) is 29.6 Å². The molecule has 2 aliphatic rings. The monoisotopic (exact) mass is 418 g/mol. The number of nitrogens with one attached hydrogen (secondary N) is 1. The zero-order valence-electron chi connectivity index (χ0n) is 16.0. The van der Waals surface area contributed by atoms with Gasteiger partial charge in [0.25, 0.3) is 15.9 Å². The summed E-state index contributed by atoms with van der Waals surface area (Å²) in [6, 6.07) is 9.08. The third kappa shape index (κ3) is 3.95. The summed E-state index contributed by atoms with van der Waals surface area (Å²) in [5, 5.41) is 0. The maximum absolute atomic E-state index is 12.9. The Labute approximate surface area is 169 Å². The number of nitrogens with zero attached hydrogens (tertiary/aromatic N) is 1. The highest BCUT2D eigenvalue weighted by atomic mass is 32.2. The molecule has 0 spiro atoms. The van der Waals surface area contributed by atoms with Crippen molar-refractivity contribution in [2.75, 3.05) is 31.7 Å². The van der Waals surface area contributed by atoms with Crippen LogP contribution in [0.4, 0.5) is 5.69 Å². The van der Waals surface area contributed by atoms with Gasteiger partial charge in [-0.15, -0.1) is 0 Å². The first-order chi connectivity index (χ1) is 14.0. The molecule has 0 atom stereocenters. The number of carbonyl (C=O) groups excluding carboxylic acids is 1. The number of carbonyl (C=O) groups is 1. The number of rotatable bonds is 5. The zero-order valence-corrected chi connectivity index (χ0v) is 16.8. The summed E-state index contributed by atoms with van der Waals surface area (Å²) in [6.45, 7) is 1.43. The summed E-state index contributed by atoms with van der Waals surface area (Å²) in [5.41, 5.74) is 0.580. The molecule has 4 rings (SSSR count). The lowest BCUT2D eigenvalue weighted by molar-refractivity contribution is 0.0720. The maximum Gasteiger partial charge on any atom is 0.261 e. The van der Waals surface area contributed by atoms with Gasteiger partial charge in [0, 0.05) is 19.2 Å². The van der Waals surface area contributed by atoms with E-state index in [2.05, 4.69) is 4.72 Å². The highest BCUT2D eigenvalue weighted by molar-refractivity contribution is 7.92. The Morgan fingerprint density at radius 1 is 1.03 bits per heavy atom. The Balaban J connectivity index is 1.62. The largest absolute Gasteiger partial charge is 0.496 e. The van der Waals surface area contributed by atoms with Crippen molar-refractivity contribution in [2.45, 2.75) is 24.2 Å². The second kappa shape index (κ2) is 7.82. The molecule has 0 aromatic heterocycles. The van der Waals surface area contributed by atoms with Crippen molar-refractivity contribution < 1.29 is 27.4 Å². The third-order valence-electron chi connectivity index (χ3n) is 4.98. The van der Waals surface area contributed by atoms with Crippen LogP contribution in [0, 0.1) is 0 Å². The molecule has 1 saturated heterocycles. The van der Waals surface area contributed by atoms with Crippen molar-refractivity contribution in [1.29, 1.82) is 0 Å². The Bertz CT molecular complexity index is 1030. The van der Waals surface area contributed by atoms with Gasteiger partial charge in [-0.25, -0.2) is 8.42 Å². The number of anilines is 1. The van der Waals surface area contributed by atoms with Gasteiger partial charge >= 0.3 is 0 Å². The molecule has 154 valence electrons. The van der Waals surface area contributed by atoms with E-state index in [-0.39, 0.29) is 23.2 Å². The van der Waals surface area contributed by atoms with Crippen LogP contribution in [0.2, 0.25) is 0 Å². The molecule has 2 heterocycles. The smallest absolute Gasteiger partial charge is 0.261 e. The maximum atomic E-state index is 12.9. The molecule has 0 saturated carbocycles. The van der Waals surface area contributed by atoms with Crippen LogP contribution >= 0.6 is 0 Å². The predicted molar refractivity (Wildman–Crippen MR) is 106 cm³/mol. The van der Waals surface area contributed by atoms with Gasteiger partial charge in [-0.2, -0.15) is 0 Å². The van der Waals surface area contributed by atoms with E-state index in [1.54, 1.807) is 23.1 Å². The van der Waals surface area contributed by atoms with Gasteiger partial charge in [0.1, 0.15) is 5.75 Å². The van der Waals surface area contributed by atoms with Gasteiger partial charge in [0.05, 0.1) is 23.3 Å². The van der Waals surface area contributed by atoms with Crippen LogP contribution < -0.4 is 18.9 Å². The van der Waals surface area contributed by atoms with Gasteiger partial charge < -0.3 is 19.1 Å². The average Bonchev–Trinajstić information content (AvgIpc) is 3.21. The van der Waals surface area contributed by atoms with E-state index in [9.17, 15) is 13.2 Å². The second-order valence-electron chi connectivity index (χ2n) is 6.89. The number of fused-ring (bicyclic) bond motifs is 1. The SMILES string of the molecule is COc1ccc(S(=O)(=O)Nc2ccc3c(c2)OCO3)cc1C(=O)N1CCCCC1. The molecule has 1 fully saturated rings. The number of amides is 1. The molecule has 8 nitrogen and oxygen atoms in total. The van der Waals surface area contributed by atoms with Crippen molar-refractivity contribution >= 4 is 21.6 Å². The van der Waals surface area contributed by atoms with Crippen molar-refractivity contribution in [1.82, 2.24) is 4.90 Å². The first-order valence-electron chi connectivity index (χ1n) is 9.38. The molecule has 0 bridgehead atoms. The Kier molecular flexibility index (Phi) is 5.23. The molecule has 9 heteroatoms. The Hall–Kier alpha value is -2.94. The summed E-state index contributed by atoms with van der Waals surface area (Å²) >= 11 is 0. The fourth-order valence-corrected chi connectivity index (χ4v) is 4.54. The van der Waals surface area contributed by atoms with Crippen LogP contribution in [-0.2, 0) is 10.0 Å². The van der Waals surface area contributed by atoms with E-state index in [0.717, 1.165) is 19.3 Å². The minimum absolute atomic E-state index is 0.0173. The van der Waals surface area contributed by atoms with Crippen molar-refractivity contribution in [3.63, 3.8) is 0 Å². The fourth-order valence-electron chi connectivity index (χ4n) is 3.46. The van der Waals surface area contributed by atoms with Crippen LogP contribution in [0.25, 0.3) is 0 Å². The summed E-state index contributed by atoms with van der Waals surface area (Å²) in [7, 11) is -2.46. The summed E-state index contributed by atoms with van der Waals surface area (Å²) in [6.07, 6.45) is 2.98. The molecule has 29 heavy (non-hydrogen) atoms. The first-order valence-corrected chi connectivity index (χ1v) is 10.9. The Morgan fingerprint density at radius 2 is 1.79 bits per heavy atom. The number of hydrogen-bond donors (Lipinski definition) is 1. The zero-order chi connectivity index (χ0) is 20.4. The van der Waals surface area contributed by atoms with Gasteiger partial charge in [-0.1, -0.05) is 0 Å². The molecule has 0 aliphatic carbocycles. The minimum atomic E-state index is -3.92. The molecule has 2 aromatic rings. The number of likely N-dealkylation sites (tertiary alicyclic amines) is 1. The summed E-state index contributed by atoms with van der Waals surface area (Å²) in [5.74, 6) is 1.16. The number of methoxy groups -OCH3 is 1. The van der Waals surface area contributed by atoms with E-state index < -0.39 is 10.0 Å². The summed E-state index contributed by atoms with van der Waals surface area (Å²) in [4.78, 5) is 14.7.